The van der Waals surface area contributed by atoms with Crippen LogP contribution in [0.15, 0.2) is 0 Å². The molecule has 2 heterocycles. The Balaban J connectivity index is 0.798. The SMILES string of the molecule is C1CCC(C2CCC(N(C3CCC(C4CCC5C(CCC6CCCCC65)C4)CC3)C3CCCC4C5CCC6SC7CCCCC7C6C5SC43)CC2)CC1. The molecule has 1 nitrogen and oxygen atoms in total. The van der Waals surface area contributed by atoms with Gasteiger partial charge in [-0.2, -0.15) is 23.5 Å². The van der Waals surface area contributed by atoms with Crippen LogP contribution in [-0.2, 0) is 0 Å². The normalized spacial score (nSPS) is 53.2. The van der Waals surface area contributed by atoms with Crippen molar-refractivity contribution in [2.45, 2.75) is 238 Å². The molecule has 0 aromatic carbocycles. The van der Waals surface area contributed by atoms with Crippen molar-refractivity contribution >= 4 is 23.5 Å². The van der Waals surface area contributed by atoms with Crippen LogP contribution in [-0.4, -0.2) is 44.0 Å². The van der Waals surface area contributed by atoms with Gasteiger partial charge in [-0.05, 0) is 199 Å². The van der Waals surface area contributed by atoms with Gasteiger partial charge in [0.05, 0.1) is 0 Å². The monoisotopic (exact) mass is 760 g/mol. The van der Waals surface area contributed by atoms with Gasteiger partial charge in [0.2, 0.25) is 0 Å². The molecule has 0 amide bonds. The molecule has 0 bridgehead atoms. The molecule has 2 saturated heterocycles. The van der Waals surface area contributed by atoms with E-state index in [0.29, 0.717) is 0 Å². The van der Waals surface area contributed by atoms with E-state index in [4.69, 9.17) is 0 Å². The van der Waals surface area contributed by atoms with E-state index in [9.17, 15) is 0 Å². The first-order valence-electron chi connectivity index (χ1n) is 25.3. The summed E-state index contributed by atoms with van der Waals surface area (Å²) in [5.74, 6) is 13.2. The summed E-state index contributed by atoms with van der Waals surface area (Å²) in [6.45, 7) is 0. The second-order valence-corrected chi connectivity index (χ2v) is 25.3. The first kappa shape index (κ1) is 36.7. The molecule has 9 saturated carbocycles. The zero-order valence-electron chi connectivity index (χ0n) is 34.2. The molecular formula is C50H81NS2. The lowest BCUT2D eigenvalue weighted by Gasteiger charge is -2.53. The van der Waals surface area contributed by atoms with Crippen molar-refractivity contribution in [1.82, 2.24) is 4.90 Å². The van der Waals surface area contributed by atoms with Crippen LogP contribution in [0, 0.1) is 71.0 Å². The summed E-state index contributed by atoms with van der Waals surface area (Å²) in [4.78, 5) is 3.46. The number of fused-ring (bicyclic) bond motifs is 10. The Morgan fingerprint density at radius 3 is 1.66 bits per heavy atom. The summed E-state index contributed by atoms with van der Waals surface area (Å²) in [5, 5.41) is 4.08. The van der Waals surface area contributed by atoms with Crippen LogP contribution < -0.4 is 0 Å². The molecule has 11 fully saturated rings. The van der Waals surface area contributed by atoms with Gasteiger partial charge in [-0.25, -0.2) is 0 Å². The molecule has 3 heteroatoms. The van der Waals surface area contributed by atoms with Gasteiger partial charge in [0.25, 0.3) is 0 Å². The minimum absolute atomic E-state index is 0.915. The van der Waals surface area contributed by atoms with Crippen molar-refractivity contribution in [3.8, 4) is 0 Å². The van der Waals surface area contributed by atoms with Crippen molar-refractivity contribution in [1.29, 1.82) is 0 Å². The molecule has 0 aromatic rings. The second-order valence-electron chi connectivity index (χ2n) is 22.5. The first-order valence-corrected chi connectivity index (χ1v) is 27.2. The van der Waals surface area contributed by atoms with E-state index in [-0.39, 0.29) is 0 Å². The zero-order valence-corrected chi connectivity index (χ0v) is 35.8. The van der Waals surface area contributed by atoms with Crippen LogP contribution in [0.5, 0.6) is 0 Å². The van der Waals surface area contributed by atoms with E-state index in [0.717, 1.165) is 110 Å². The maximum atomic E-state index is 3.46. The van der Waals surface area contributed by atoms with Gasteiger partial charge in [-0.1, -0.05) is 70.6 Å². The van der Waals surface area contributed by atoms with Crippen molar-refractivity contribution in [2.75, 3.05) is 0 Å². The number of hydrogen-bond acceptors (Lipinski definition) is 3. The fraction of sp³-hybridized carbons (Fsp3) is 1.00. The van der Waals surface area contributed by atoms with Crippen LogP contribution in [0.1, 0.15) is 199 Å². The van der Waals surface area contributed by atoms with E-state index >= 15 is 0 Å². The molecule has 9 aliphatic carbocycles. The Labute approximate surface area is 336 Å². The number of rotatable bonds is 5. The highest BCUT2D eigenvalue weighted by atomic mass is 32.2. The van der Waals surface area contributed by atoms with Gasteiger partial charge >= 0.3 is 0 Å². The Bertz CT molecular complexity index is 1210. The van der Waals surface area contributed by atoms with E-state index < -0.39 is 0 Å². The molecule has 53 heavy (non-hydrogen) atoms. The number of hydrogen-bond donors (Lipinski definition) is 0. The maximum absolute atomic E-state index is 3.46. The van der Waals surface area contributed by atoms with Crippen LogP contribution in [0.2, 0.25) is 0 Å². The van der Waals surface area contributed by atoms with E-state index in [1.54, 1.807) is 173 Å². The van der Waals surface area contributed by atoms with Gasteiger partial charge in [0, 0.05) is 39.1 Å². The fourth-order valence-corrected chi connectivity index (χ4v) is 22.9. The zero-order chi connectivity index (χ0) is 34.9. The fourth-order valence-electron chi connectivity index (χ4n) is 18.2. The molecular weight excluding hydrogens is 679 g/mol. The van der Waals surface area contributed by atoms with E-state index in [2.05, 4.69) is 28.4 Å². The van der Waals surface area contributed by atoms with Crippen LogP contribution in [0.4, 0.5) is 0 Å². The number of thioether (sulfide) groups is 2. The van der Waals surface area contributed by atoms with Gasteiger partial charge < -0.3 is 0 Å². The number of nitrogens with zero attached hydrogens (tertiary/aromatic N) is 1. The highest BCUT2D eigenvalue weighted by molar-refractivity contribution is 8.02. The lowest BCUT2D eigenvalue weighted by Crippen LogP contribution is -2.57. The van der Waals surface area contributed by atoms with Gasteiger partial charge in [-0.3, -0.25) is 4.90 Å². The minimum Gasteiger partial charge on any atom is -0.293 e. The lowest BCUT2D eigenvalue weighted by atomic mass is 9.55. The standard InChI is InChI=1S/C50H81NS2/c1-2-9-32(10-3-1)33-19-24-38(25-20-33)51(39-26-21-34(22-27-39)36-23-28-41-37(31-36)18-17-35-11-4-5-12-40(35)41)45-15-8-14-42-43-29-30-47-48(50(43)53-49(42)45)44-13-6-7-16-46(44)52-47/h32-50H,1-31H2. The molecule has 0 radical (unpaired) electrons. The third kappa shape index (κ3) is 6.93. The van der Waals surface area contributed by atoms with Gasteiger partial charge in [0.15, 0.2) is 0 Å². The third-order valence-electron chi connectivity index (χ3n) is 20.5. The molecule has 0 spiro atoms. The average Bonchev–Trinajstić information content (AvgIpc) is 3.81. The molecule has 14 atom stereocenters. The summed E-state index contributed by atoms with van der Waals surface area (Å²) >= 11 is 5.21. The molecule has 2 aliphatic heterocycles. The van der Waals surface area contributed by atoms with Crippen molar-refractivity contribution in [3.63, 3.8) is 0 Å². The van der Waals surface area contributed by atoms with Gasteiger partial charge in [-0.15, -0.1) is 0 Å². The summed E-state index contributed by atoms with van der Waals surface area (Å²) in [6.07, 6.45) is 48.9. The summed E-state index contributed by atoms with van der Waals surface area (Å²) in [7, 11) is 0. The Morgan fingerprint density at radius 1 is 0.302 bits per heavy atom. The topological polar surface area (TPSA) is 3.24 Å². The predicted molar refractivity (Wildman–Crippen MR) is 229 cm³/mol. The largest absolute Gasteiger partial charge is 0.293 e. The molecule has 11 rings (SSSR count). The molecule has 298 valence electrons. The summed E-state index contributed by atoms with van der Waals surface area (Å²) in [6, 6.07) is 2.75. The molecule has 14 unspecified atom stereocenters. The molecule has 0 aromatic heterocycles. The highest BCUT2D eigenvalue weighted by Gasteiger charge is 2.60. The maximum Gasteiger partial charge on any atom is 0.0237 e. The third-order valence-corrected chi connectivity index (χ3v) is 24.3. The smallest absolute Gasteiger partial charge is 0.0237 e. The first-order chi connectivity index (χ1) is 26.3. The Morgan fingerprint density at radius 2 is 0.849 bits per heavy atom. The molecule has 11 aliphatic rings. The second kappa shape index (κ2) is 16.0. The van der Waals surface area contributed by atoms with Crippen molar-refractivity contribution < 1.29 is 0 Å². The predicted octanol–water partition coefficient (Wildman–Crippen LogP) is 14.0. The Kier molecular flexibility index (Phi) is 11.1. The van der Waals surface area contributed by atoms with E-state index in [1.807, 2.05) is 0 Å². The van der Waals surface area contributed by atoms with Crippen LogP contribution in [0.3, 0.4) is 0 Å². The van der Waals surface area contributed by atoms with Crippen LogP contribution >= 0.6 is 23.5 Å². The summed E-state index contributed by atoms with van der Waals surface area (Å²) < 4.78 is 0. The van der Waals surface area contributed by atoms with Gasteiger partial charge in [0.1, 0.15) is 0 Å². The van der Waals surface area contributed by atoms with E-state index in [1.165, 1.54) is 25.7 Å². The molecule has 0 N–H and O–H groups in total. The highest BCUT2D eigenvalue weighted by Crippen LogP contribution is 2.65. The Hall–Kier alpha value is 0.660. The van der Waals surface area contributed by atoms with Crippen molar-refractivity contribution in [3.05, 3.63) is 0 Å². The van der Waals surface area contributed by atoms with Crippen molar-refractivity contribution in [2.24, 2.45) is 71.0 Å². The average molecular weight is 760 g/mol. The van der Waals surface area contributed by atoms with Crippen LogP contribution in [0.25, 0.3) is 0 Å². The lowest BCUT2D eigenvalue weighted by molar-refractivity contribution is -0.0236. The minimum atomic E-state index is 0.915. The quantitative estimate of drug-likeness (QED) is 0.275. The summed E-state index contributed by atoms with van der Waals surface area (Å²) in [5.41, 5.74) is 0.